The highest BCUT2D eigenvalue weighted by Crippen LogP contribution is 2.36. The van der Waals surface area contributed by atoms with Crippen molar-refractivity contribution in [2.24, 2.45) is 7.05 Å². The van der Waals surface area contributed by atoms with E-state index in [1.165, 1.54) is 0 Å². The van der Waals surface area contributed by atoms with Gasteiger partial charge in [-0.3, -0.25) is 9.59 Å². The van der Waals surface area contributed by atoms with Gasteiger partial charge in [0.25, 0.3) is 5.91 Å². The molecule has 0 bridgehead atoms. The van der Waals surface area contributed by atoms with Gasteiger partial charge in [-0.25, -0.2) is 4.98 Å². The Bertz CT molecular complexity index is 974. The van der Waals surface area contributed by atoms with E-state index >= 15 is 0 Å². The normalized spacial score (nSPS) is 12.9. The molecular formula is C20H17N3O2. The molecule has 0 unspecified atom stereocenters. The van der Waals surface area contributed by atoms with Gasteiger partial charge in [0, 0.05) is 30.2 Å². The van der Waals surface area contributed by atoms with Crippen molar-refractivity contribution in [1.29, 1.82) is 0 Å². The summed E-state index contributed by atoms with van der Waals surface area (Å²) in [6.07, 6.45) is 4.69. The maximum atomic E-state index is 12.5. The number of aromatic nitrogens is 2. The lowest BCUT2D eigenvalue weighted by Crippen LogP contribution is -2.14. The van der Waals surface area contributed by atoms with Crippen molar-refractivity contribution in [3.63, 3.8) is 0 Å². The highest BCUT2D eigenvalue weighted by atomic mass is 16.1. The van der Waals surface area contributed by atoms with Gasteiger partial charge in [0.1, 0.15) is 0 Å². The van der Waals surface area contributed by atoms with Crippen LogP contribution in [0.2, 0.25) is 0 Å². The van der Waals surface area contributed by atoms with Crippen LogP contribution in [0.1, 0.15) is 32.7 Å². The number of rotatable bonds is 3. The van der Waals surface area contributed by atoms with Crippen LogP contribution in [-0.4, -0.2) is 21.2 Å². The molecule has 4 rings (SSSR count). The average Bonchev–Trinajstić information content (AvgIpc) is 3.23. The molecule has 1 amide bonds. The van der Waals surface area contributed by atoms with Crippen LogP contribution in [-0.2, 0) is 13.5 Å². The zero-order chi connectivity index (χ0) is 17.4. The Morgan fingerprint density at radius 3 is 2.64 bits per heavy atom. The molecule has 1 aliphatic carbocycles. The van der Waals surface area contributed by atoms with Crippen molar-refractivity contribution in [3.8, 4) is 11.3 Å². The van der Waals surface area contributed by atoms with Gasteiger partial charge >= 0.3 is 0 Å². The number of benzene rings is 2. The molecule has 0 aliphatic heterocycles. The predicted octanol–water partition coefficient (Wildman–Crippen LogP) is 3.47. The molecule has 0 atom stereocenters. The Hall–Kier alpha value is -3.21. The molecular weight excluding hydrogens is 314 g/mol. The summed E-state index contributed by atoms with van der Waals surface area (Å²) < 4.78 is 1.93. The zero-order valence-corrected chi connectivity index (χ0v) is 13.8. The molecule has 0 spiro atoms. The van der Waals surface area contributed by atoms with E-state index in [9.17, 15) is 9.59 Å². The molecule has 0 fully saturated rings. The van der Waals surface area contributed by atoms with Crippen molar-refractivity contribution >= 4 is 17.4 Å². The van der Waals surface area contributed by atoms with Crippen LogP contribution in [0.5, 0.6) is 0 Å². The average molecular weight is 331 g/mol. The van der Waals surface area contributed by atoms with E-state index in [0.717, 1.165) is 16.8 Å². The number of Topliss-reactive ketones (excluding diaryl/α,β-unsaturated/α-hetero) is 1. The third-order valence-electron chi connectivity index (χ3n) is 4.57. The van der Waals surface area contributed by atoms with Gasteiger partial charge in [-0.2, -0.15) is 0 Å². The summed E-state index contributed by atoms with van der Waals surface area (Å²) in [5.41, 5.74) is 4.72. The number of aryl methyl sites for hydroxylation is 1. The third-order valence-corrected chi connectivity index (χ3v) is 4.57. The number of nitrogens with zero attached hydrogens (tertiary/aromatic N) is 2. The van der Waals surface area contributed by atoms with Crippen molar-refractivity contribution in [2.45, 2.75) is 12.8 Å². The number of amides is 1. The van der Waals surface area contributed by atoms with Crippen molar-refractivity contribution < 1.29 is 9.59 Å². The van der Waals surface area contributed by atoms with Gasteiger partial charge in [-0.15, -0.1) is 0 Å². The Kier molecular flexibility index (Phi) is 3.69. The smallest absolute Gasteiger partial charge is 0.255 e. The van der Waals surface area contributed by atoms with Gasteiger partial charge in [-0.1, -0.05) is 24.3 Å². The fourth-order valence-corrected chi connectivity index (χ4v) is 3.33. The summed E-state index contributed by atoms with van der Waals surface area (Å²) in [6.45, 7) is 0. The first-order valence-electron chi connectivity index (χ1n) is 8.17. The summed E-state index contributed by atoms with van der Waals surface area (Å²) in [5, 5.41) is 2.89. The number of carbonyl (C=O) groups excluding carboxylic acids is 2. The zero-order valence-electron chi connectivity index (χ0n) is 13.8. The molecule has 124 valence electrons. The lowest BCUT2D eigenvalue weighted by molar-refractivity contribution is 0.0995. The van der Waals surface area contributed by atoms with E-state index in [4.69, 9.17) is 0 Å². The number of ketones is 1. The maximum absolute atomic E-state index is 12.5. The Labute approximate surface area is 145 Å². The van der Waals surface area contributed by atoms with Gasteiger partial charge in [0.15, 0.2) is 5.78 Å². The van der Waals surface area contributed by atoms with Gasteiger partial charge in [0.2, 0.25) is 0 Å². The lowest BCUT2D eigenvalue weighted by atomic mass is 9.99. The van der Waals surface area contributed by atoms with E-state index in [-0.39, 0.29) is 11.7 Å². The van der Waals surface area contributed by atoms with E-state index in [2.05, 4.69) is 10.3 Å². The second kappa shape index (κ2) is 6.02. The summed E-state index contributed by atoms with van der Waals surface area (Å²) in [4.78, 5) is 29.1. The lowest BCUT2D eigenvalue weighted by Gasteiger charge is -2.14. The number of carbonyl (C=O) groups is 2. The first kappa shape index (κ1) is 15.3. The molecule has 1 aromatic heterocycles. The van der Waals surface area contributed by atoms with E-state index in [1.807, 2.05) is 41.9 Å². The topological polar surface area (TPSA) is 64.0 Å². The molecule has 2 aromatic carbocycles. The Morgan fingerprint density at radius 2 is 1.92 bits per heavy atom. The molecule has 0 radical (unpaired) electrons. The van der Waals surface area contributed by atoms with Crippen LogP contribution in [0.15, 0.2) is 55.0 Å². The quantitative estimate of drug-likeness (QED) is 0.799. The van der Waals surface area contributed by atoms with Gasteiger partial charge in [-0.05, 0) is 30.2 Å². The van der Waals surface area contributed by atoms with Crippen molar-refractivity contribution in [3.05, 3.63) is 71.7 Å². The molecule has 0 saturated carbocycles. The molecule has 1 heterocycles. The minimum Gasteiger partial charge on any atom is -0.334 e. The molecule has 1 aliphatic rings. The van der Waals surface area contributed by atoms with Crippen LogP contribution < -0.4 is 5.32 Å². The minimum atomic E-state index is -0.212. The molecule has 3 aromatic rings. The second-order valence-electron chi connectivity index (χ2n) is 6.15. The van der Waals surface area contributed by atoms with Crippen LogP contribution in [0.3, 0.4) is 0 Å². The van der Waals surface area contributed by atoms with Gasteiger partial charge in [0.05, 0.1) is 23.9 Å². The number of imidazole rings is 1. The van der Waals surface area contributed by atoms with E-state index in [0.29, 0.717) is 29.7 Å². The number of nitrogens with one attached hydrogen (secondary N) is 1. The van der Waals surface area contributed by atoms with Gasteiger partial charge < -0.3 is 9.88 Å². The monoisotopic (exact) mass is 331 g/mol. The SMILES string of the molecule is Cn1cncc1-c1ccc(NC(=O)c2ccccc2)c2c1CCC2=O. The van der Waals surface area contributed by atoms with Crippen LogP contribution in [0, 0.1) is 0 Å². The summed E-state index contributed by atoms with van der Waals surface area (Å²) in [5.74, 6) is -0.141. The summed E-state index contributed by atoms with van der Waals surface area (Å²) >= 11 is 0. The number of hydrogen-bond donors (Lipinski definition) is 1. The Balaban J connectivity index is 1.76. The molecule has 25 heavy (non-hydrogen) atoms. The van der Waals surface area contributed by atoms with Crippen molar-refractivity contribution in [1.82, 2.24) is 9.55 Å². The third kappa shape index (κ3) is 2.63. The maximum Gasteiger partial charge on any atom is 0.255 e. The molecule has 1 N–H and O–H groups in total. The van der Waals surface area contributed by atoms with Crippen LogP contribution >= 0.6 is 0 Å². The number of fused-ring (bicyclic) bond motifs is 1. The first-order chi connectivity index (χ1) is 12.1. The number of hydrogen-bond acceptors (Lipinski definition) is 3. The standard InChI is InChI=1S/C20H17N3O2/c1-23-12-21-11-17(23)14-7-9-16(19-15(14)8-10-18(19)24)22-20(25)13-5-3-2-4-6-13/h2-7,9,11-12H,8,10H2,1H3,(H,22,25). The molecule has 5 heteroatoms. The number of anilines is 1. The molecule has 5 nitrogen and oxygen atoms in total. The fraction of sp³-hybridized carbons (Fsp3) is 0.150. The largest absolute Gasteiger partial charge is 0.334 e. The summed E-state index contributed by atoms with van der Waals surface area (Å²) in [6, 6.07) is 12.8. The van der Waals surface area contributed by atoms with E-state index < -0.39 is 0 Å². The van der Waals surface area contributed by atoms with E-state index in [1.54, 1.807) is 24.7 Å². The fourth-order valence-electron chi connectivity index (χ4n) is 3.33. The van der Waals surface area contributed by atoms with Crippen molar-refractivity contribution in [2.75, 3.05) is 5.32 Å². The minimum absolute atomic E-state index is 0.0716. The Morgan fingerprint density at radius 1 is 1.12 bits per heavy atom. The highest BCUT2D eigenvalue weighted by molar-refractivity contribution is 6.12. The molecule has 0 saturated heterocycles. The first-order valence-corrected chi connectivity index (χ1v) is 8.17. The highest BCUT2D eigenvalue weighted by Gasteiger charge is 2.27. The predicted molar refractivity (Wildman–Crippen MR) is 95.7 cm³/mol. The second-order valence-corrected chi connectivity index (χ2v) is 6.15. The summed E-state index contributed by atoms with van der Waals surface area (Å²) in [7, 11) is 1.93. The van der Waals surface area contributed by atoms with Crippen LogP contribution in [0.25, 0.3) is 11.3 Å². The van der Waals surface area contributed by atoms with Crippen LogP contribution in [0.4, 0.5) is 5.69 Å².